The smallest absolute Gasteiger partial charge is 0.110 e. The van der Waals surface area contributed by atoms with Crippen LogP contribution in [0.4, 0.5) is 5.69 Å². The van der Waals surface area contributed by atoms with E-state index in [1.54, 1.807) is 0 Å². The van der Waals surface area contributed by atoms with Crippen LogP contribution in [0.3, 0.4) is 0 Å². The van der Waals surface area contributed by atoms with Gasteiger partial charge in [-0.2, -0.15) is 0 Å². The molecule has 2 aromatic rings. The predicted octanol–water partition coefficient (Wildman–Crippen LogP) is 1.27. The first-order valence-corrected chi connectivity index (χ1v) is 6.54. The molecular weight excluding hydrogens is 242 g/mol. The van der Waals surface area contributed by atoms with Gasteiger partial charge in [0, 0.05) is 12.1 Å². The molecule has 0 amide bonds. The molecular formula is C14H21N3O2. The van der Waals surface area contributed by atoms with Gasteiger partial charge in [-0.15, -0.1) is 0 Å². The van der Waals surface area contributed by atoms with Gasteiger partial charge in [0.2, 0.25) is 0 Å². The number of aliphatic hydroxyl groups is 2. The van der Waals surface area contributed by atoms with E-state index in [9.17, 15) is 10.2 Å². The summed E-state index contributed by atoms with van der Waals surface area (Å²) in [6.45, 7) is 3.61. The van der Waals surface area contributed by atoms with Gasteiger partial charge >= 0.3 is 0 Å². The Morgan fingerprint density at radius 2 is 2.00 bits per heavy atom. The Morgan fingerprint density at radius 1 is 1.32 bits per heavy atom. The molecule has 1 aromatic heterocycles. The van der Waals surface area contributed by atoms with Crippen molar-refractivity contribution in [1.82, 2.24) is 9.55 Å². The zero-order chi connectivity index (χ0) is 14.0. The maximum absolute atomic E-state index is 9.63. The summed E-state index contributed by atoms with van der Waals surface area (Å²) in [7, 11) is 0. The molecule has 1 aromatic carbocycles. The van der Waals surface area contributed by atoms with E-state index in [0.717, 1.165) is 29.7 Å². The van der Waals surface area contributed by atoms with Crippen LogP contribution in [0, 0.1) is 0 Å². The average Bonchev–Trinajstić information content (AvgIpc) is 2.76. The molecule has 104 valence electrons. The third kappa shape index (κ3) is 2.31. The second-order valence-corrected chi connectivity index (χ2v) is 5.17. The first kappa shape index (κ1) is 13.8. The lowest BCUT2D eigenvalue weighted by Gasteiger charge is -2.29. The van der Waals surface area contributed by atoms with Crippen LogP contribution in [-0.4, -0.2) is 33.0 Å². The number of rotatable bonds is 5. The monoisotopic (exact) mass is 263 g/mol. The summed E-state index contributed by atoms with van der Waals surface area (Å²) in [6, 6.07) is 5.52. The molecule has 4 N–H and O–H groups in total. The fourth-order valence-corrected chi connectivity index (χ4v) is 2.33. The number of nitrogens with zero attached hydrogens (tertiary/aromatic N) is 2. The fraction of sp³-hybridized carbons (Fsp3) is 0.500. The van der Waals surface area contributed by atoms with Gasteiger partial charge in [0.05, 0.1) is 29.8 Å². The number of benzene rings is 1. The number of anilines is 1. The summed E-state index contributed by atoms with van der Waals surface area (Å²) in [5.74, 6) is 0.869. The molecule has 0 bridgehead atoms. The zero-order valence-electron chi connectivity index (χ0n) is 11.4. The molecule has 0 aliphatic carbocycles. The molecule has 2 rings (SSSR count). The number of hydrogen-bond acceptors (Lipinski definition) is 4. The molecule has 0 spiro atoms. The Balaban J connectivity index is 2.71. The first-order valence-electron chi connectivity index (χ1n) is 6.54. The number of hydrogen-bond donors (Lipinski definition) is 3. The van der Waals surface area contributed by atoms with Gasteiger partial charge in [-0.25, -0.2) is 4.98 Å². The highest BCUT2D eigenvalue weighted by atomic mass is 16.3. The van der Waals surface area contributed by atoms with E-state index in [0.29, 0.717) is 5.69 Å². The van der Waals surface area contributed by atoms with Gasteiger partial charge in [0.1, 0.15) is 5.82 Å². The molecule has 0 fully saturated rings. The number of imidazole rings is 1. The largest absolute Gasteiger partial charge is 0.399 e. The van der Waals surface area contributed by atoms with Crippen molar-refractivity contribution in [3.05, 3.63) is 24.0 Å². The number of aromatic nitrogens is 2. The van der Waals surface area contributed by atoms with E-state index in [1.807, 2.05) is 29.7 Å². The molecule has 0 saturated heterocycles. The van der Waals surface area contributed by atoms with Crippen molar-refractivity contribution in [2.24, 2.45) is 0 Å². The number of nitrogen functional groups attached to an aromatic ring is 1. The standard InChI is InChI=1S/C14H21N3O2/c1-3-4-13-16-11-7-10(15)5-6-12(11)17(13)14(2,8-18)9-19/h5-7,18-19H,3-4,8-9,15H2,1-2H3. The second kappa shape index (κ2) is 5.19. The van der Waals surface area contributed by atoms with Crippen molar-refractivity contribution in [1.29, 1.82) is 0 Å². The predicted molar refractivity (Wildman–Crippen MR) is 76.0 cm³/mol. The van der Waals surface area contributed by atoms with Gasteiger partial charge in [-0.1, -0.05) is 6.92 Å². The minimum absolute atomic E-state index is 0.143. The molecule has 1 heterocycles. The summed E-state index contributed by atoms with van der Waals surface area (Å²) in [4.78, 5) is 4.59. The Hall–Kier alpha value is -1.59. The molecule has 19 heavy (non-hydrogen) atoms. The van der Waals surface area contributed by atoms with E-state index in [-0.39, 0.29) is 13.2 Å². The van der Waals surface area contributed by atoms with Crippen molar-refractivity contribution >= 4 is 16.7 Å². The maximum Gasteiger partial charge on any atom is 0.110 e. The summed E-state index contributed by atoms with van der Waals surface area (Å²) in [5.41, 5.74) is 7.38. The Morgan fingerprint density at radius 3 is 2.58 bits per heavy atom. The molecule has 0 radical (unpaired) electrons. The van der Waals surface area contributed by atoms with Crippen molar-refractivity contribution < 1.29 is 10.2 Å². The quantitative estimate of drug-likeness (QED) is 0.709. The lowest BCUT2D eigenvalue weighted by atomic mass is 10.0. The Bertz CT molecular complexity index is 573. The van der Waals surface area contributed by atoms with Crippen LogP contribution >= 0.6 is 0 Å². The average molecular weight is 263 g/mol. The van der Waals surface area contributed by atoms with Crippen LogP contribution in [0.2, 0.25) is 0 Å². The summed E-state index contributed by atoms with van der Waals surface area (Å²) < 4.78 is 1.94. The van der Waals surface area contributed by atoms with E-state index < -0.39 is 5.54 Å². The second-order valence-electron chi connectivity index (χ2n) is 5.17. The van der Waals surface area contributed by atoms with E-state index >= 15 is 0 Å². The highest BCUT2D eigenvalue weighted by Crippen LogP contribution is 2.27. The molecule has 5 heteroatoms. The molecule has 0 aliphatic heterocycles. The van der Waals surface area contributed by atoms with Crippen LogP contribution in [0.15, 0.2) is 18.2 Å². The molecule has 5 nitrogen and oxygen atoms in total. The van der Waals surface area contributed by atoms with Crippen LogP contribution < -0.4 is 5.73 Å². The van der Waals surface area contributed by atoms with Crippen molar-refractivity contribution in [3.63, 3.8) is 0 Å². The molecule has 0 unspecified atom stereocenters. The van der Waals surface area contributed by atoms with E-state index in [1.165, 1.54) is 0 Å². The fourth-order valence-electron chi connectivity index (χ4n) is 2.33. The number of fused-ring (bicyclic) bond motifs is 1. The van der Waals surface area contributed by atoms with Gasteiger partial charge in [0.25, 0.3) is 0 Å². The Kier molecular flexibility index (Phi) is 3.78. The topological polar surface area (TPSA) is 84.3 Å². The van der Waals surface area contributed by atoms with E-state index in [2.05, 4.69) is 11.9 Å². The van der Waals surface area contributed by atoms with Crippen molar-refractivity contribution in [3.8, 4) is 0 Å². The van der Waals surface area contributed by atoms with Crippen LogP contribution in [0.5, 0.6) is 0 Å². The lowest BCUT2D eigenvalue weighted by molar-refractivity contribution is 0.0786. The number of aryl methyl sites for hydroxylation is 1. The van der Waals surface area contributed by atoms with Crippen molar-refractivity contribution in [2.45, 2.75) is 32.2 Å². The third-order valence-corrected chi connectivity index (χ3v) is 3.44. The van der Waals surface area contributed by atoms with Crippen LogP contribution in [-0.2, 0) is 12.0 Å². The molecule has 0 saturated carbocycles. The van der Waals surface area contributed by atoms with Gasteiger partial charge in [0.15, 0.2) is 0 Å². The normalized spacial score (nSPS) is 12.2. The van der Waals surface area contributed by atoms with Crippen LogP contribution in [0.25, 0.3) is 11.0 Å². The minimum Gasteiger partial charge on any atom is -0.399 e. The third-order valence-electron chi connectivity index (χ3n) is 3.44. The van der Waals surface area contributed by atoms with Gasteiger partial charge < -0.3 is 20.5 Å². The summed E-state index contributed by atoms with van der Waals surface area (Å²) >= 11 is 0. The first-order chi connectivity index (χ1) is 9.05. The minimum atomic E-state index is -0.755. The summed E-state index contributed by atoms with van der Waals surface area (Å²) in [5, 5.41) is 19.3. The van der Waals surface area contributed by atoms with Gasteiger partial charge in [-0.05, 0) is 31.5 Å². The lowest BCUT2D eigenvalue weighted by Crippen LogP contribution is -2.39. The highest BCUT2D eigenvalue weighted by molar-refractivity contribution is 5.80. The number of nitrogens with two attached hydrogens (primary N) is 1. The van der Waals surface area contributed by atoms with Crippen LogP contribution in [0.1, 0.15) is 26.1 Å². The number of aliphatic hydroxyl groups excluding tert-OH is 2. The maximum atomic E-state index is 9.63. The highest BCUT2D eigenvalue weighted by Gasteiger charge is 2.29. The van der Waals surface area contributed by atoms with Crippen molar-refractivity contribution in [2.75, 3.05) is 18.9 Å². The Labute approximate surface area is 112 Å². The summed E-state index contributed by atoms with van der Waals surface area (Å²) in [6.07, 6.45) is 1.75. The molecule has 0 atom stereocenters. The van der Waals surface area contributed by atoms with Gasteiger partial charge in [-0.3, -0.25) is 0 Å². The molecule has 0 aliphatic rings. The zero-order valence-corrected chi connectivity index (χ0v) is 11.4. The SMILES string of the molecule is CCCc1nc2cc(N)ccc2n1C(C)(CO)CO. The van der Waals surface area contributed by atoms with E-state index in [4.69, 9.17) is 5.73 Å².